The van der Waals surface area contributed by atoms with E-state index in [1.165, 1.54) is 13.0 Å². The average molecular weight is 207 g/mol. The average Bonchev–Trinajstić information content (AvgIpc) is 2.54. The van der Waals surface area contributed by atoms with Gasteiger partial charge in [0.15, 0.2) is 6.10 Å². The molecule has 3 nitrogen and oxygen atoms in total. The SMILES string of the molecule is CC.Cc1cc(OC(C)C(F)F)no1. The number of hydrogen-bond donors (Lipinski definition) is 0. The summed E-state index contributed by atoms with van der Waals surface area (Å²) < 4.78 is 33.2. The minimum atomic E-state index is -2.51. The molecule has 1 aromatic heterocycles. The molecule has 0 bridgehead atoms. The summed E-state index contributed by atoms with van der Waals surface area (Å²) in [5.41, 5.74) is 0. The number of rotatable bonds is 3. The van der Waals surface area contributed by atoms with Crippen LogP contribution in [0.4, 0.5) is 8.78 Å². The highest BCUT2D eigenvalue weighted by Crippen LogP contribution is 2.14. The van der Waals surface area contributed by atoms with E-state index in [1.54, 1.807) is 6.92 Å². The van der Waals surface area contributed by atoms with Gasteiger partial charge >= 0.3 is 0 Å². The van der Waals surface area contributed by atoms with Crippen LogP contribution in [0.1, 0.15) is 26.5 Å². The van der Waals surface area contributed by atoms with E-state index in [0.717, 1.165) is 0 Å². The van der Waals surface area contributed by atoms with Crippen LogP contribution in [0.25, 0.3) is 0 Å². The minimum absolute atomic E-state index is 0.0975. The fraction of sp³-hybridized carbons (Fsp3) is 0.667. The van der Waals surface area contributed by atoms with Crippen LogP contribution in [0, 0.1) is 6.92 Å². The summed E-state index contributed by atoms with van der Waals surface area (Å²) in [5, 5.41) is 3.41. The monoisotopic (exact) mass is 207 g/mol. The molecule has 0 aliphatic rings. The lowest BCUT2D eigenvalue weighted by molar-refractivity contribution is 0.0184. The van der Waals surface area contributed by atoms with Crippen molar-refractivity contribution < 1.29 is 18.0 Å². The molecular formula is C9H15F2NO2. The van der Waals surface area contributed by atoms with E-state index in [1.807, 2.05) is 13.8 Å². The summed E-state index contributed by atoms with van der Waals surface area (Å²) in [6.07, 6.45) is -3.67. The van der Waals surface area contributed by atoms with E-state index in [9.17, 15) is 8.78 Å². The largest absolute Gasteiger partial charge is 0.466 e. The first-order valence-electron chi connectivity index (χ1n) is 4.47. The maximum Gasteiger partial charge on any atom is 0.274 e. The van der Waals surface area contributed by atoms with Crippen molar-refractivity contribution in [3.05, 3.63) is 11.8 Å². The van der Waals surface area contributed by atoms with Crippen LogP contribution in [0.5, 0.6) is 5.88 Å². The summed E-state index contributed by atoms with van der Waals surface area (Å²) in [7, 11) is 0. The lowest BCUT2D eigenvalue weighted by Crippen LogP contribution is -2.21. The van der Waals surface area contributed by atoms with Gasteiger partial charge in [-0.05, 0) is 19.0 Å². The molecule has 82 valence electrons. The third kappa shape index (κ3) is 4.20. The molecule has 0 saturated heterocycles. The summed E-state index contributed by atoms with van der Waals surface area (Å²) in [6, 6.07) is 1.46. The molecule has 0 aromatic carbocycles. The fourth-order valence-electron chi connectivity index (χ4n) is 0.641. The number of aryl methyl sites for hydroxylation is 1. The molecule has 1 aromatic rings. The van der Waals surface area contributed by atoms with Crippen molar-refractivity contribution in [1.29, 1.82) is 0 Å². The molecule has 0 aliphatic carbocycles. The first kappa shape index (κ1) is 12.9. The third-order valence-electron chi connectivity index (χ3n) is 1.27. The van der Waals surface area contributed by atoms with Gasteiger partial charge in [-0.25, -0.2) is 8.78 Å². The van der Waals surface area contributed by atoms with Crippen molar-refractivity contribution in [3.8, 4) is 5.88 Å². The predicted molar refractivity (Wildman–Crippen MR) is 48.7 cm³/mol. The Bertz CT molecular complexity index is 251. The second-order valence-electron chi connectivity index (χ2n) is 2.43. The normalized spacial score (nSPS) is 11.9. The highest BCUT2D eigenvalue weighted by molar-refractivity contribution is 5.09. The van der Waals surface area contributed by atoms with Crippen molar-refractivity contribution in [2.24, 2.45) is 0 Å². The van der Waals surface area contributed by atoms with Crippen LogP contribution in [0.3, 0.4) is 0 Å². The highest BCUT2D eigenvalue weighted by Gasteiger charge is 2.17. The number of aromatic nitrogens is 1. The van der Waals surface area contributed by atoms with Crippen molar-refractivity contribution in [2.75, 3.05) is 0 Å². The quantitative estimate of drug-likeness (QED) is 0.764. The molecule has 1 heterocycles. The van der Waals surface area contributed by atoms with Crippen LogP contribution in [0.15, 0.2) is 10.6 Å². The Morgan fingerprint density at radius 3 is 2.36 bits per heavy atom. The van der Waals surface area contributed by atoms with Crippen molar-refractivity contribution in [2.45, 2.75) is 40.2 Å². The molecule has 0 radical (unpaired) electrons. The first-order chi connectivity index (χ1) is 6.59. The topological polar surface area (TPSA) is 35.3 Å². The highest BCUT2D eigenvalue weighted by atomic mass is 19.3. The van der Waals surface area contributed by atoms with Crippen molar-refractivity contribution >= 4 is 0 Å². The Kier molecular flexibility index (Phi) is 5.83. The number of nitrogens with zero attached hydrogens (tertiary/aromatic N) is 1. The summed E-state index contributed by atoms with van der Waals surface area (Å²) in [4.78, 5) is 0. The number of hydrogen-bond acceptors (Lipinski definition) is 3. The first-order valence-corrected chi connectivity index (χ1v) is 4.47. The molecule has 1 rings (SSSR count). The Hall–Kier alpha value is -1.13. The van der Waals surface area contributed by atoms with Gasteiger partial charge in [0.25, 0.3) is 12.3 Å². The molecule has 0 amide bonds. The van der Waals surface area contributed by atoms with Crippen LogP contribution in [0.2, 0.25) is 0 Å². The van der Waals surface area contributed by atoms with Gasteiger partial charge in [-0.3, -0.25) is 0 Å². The van der Waals surface area contributed by atoms with E-state index < -0.39 is 12.5 Å². The Morgan fingerprint density at radius 1 is 1.43 bits per heavy atom. The van der Waals surface area contributed by atoms with Gasteiger partial charge < -0.3 is 9.26 Å². The number of halogens is 2. The van der Waals surface area contributed by atoms with Crippen molar-refractivity contribution in [3.63, 3.8) is 0 Å². The number of alkyl halides is 2. The molecule has 0 N–H and O–H groups in total. The van der Waals surface area contributed by atoms with Crippen LogP contribution in [-0.4, -0.2) is 17.7 Å². The third-order valence-corrected chi connectivity index (χ3v) is 1.27. The zero-order valence-electron chi connectivity index (χ0n) is 8.75. The van der Waals surface area contributed by atoms with Crippen LogP contribution >= 0.6 is 0 Å². The Morgan fingerprint density at radius 2 is 2.00 bits per heavy atom. The maximum absolute atomic E-state index is 11.9. The van der Waals surface area contributed by atoms with Gasteiger partial charge in [-0.2, -0.15) is 0 Å². The molecule has 0 spiro atoms. The second kappa shape index (κ2) is 6.34. The second-order valence-corrected chi connectivity index (χ2v) is 2.43. The van der Waals surface area contributed by atoms with Crippen molar-refractivity contribution in [1.82, 2.24) is 5.16 Å². The zero-order valence-corrected chi connectivity index (χ0v) is 8.75. The predicted octanol–water partition coefficient (Wildman–Crippen LogP) is 3.04. The van der Waals surface area contributed by atoms with E-state index >= 15 is 0 Å². The molecular weight excluding hydrogens is 192 g/mol. The maximum atomic E-state index is 11.9. The summed E-state index contributed by atoms with van der Waals surface area (Å²) >= 11 is 0. The van der Waals surface area contributed by atoms with Crippen LogP contribution in [-0.2, 0) is 0 Å². The lowest BCUT2D eigenvalue weighted by atomic mass is 10.4. The van der Waals surface area contributed by atoms with Gasteiger partial charge in [0.05, 0.1) is 0 Å². The zero-order chi connectivity index (χ0) is 11.1. The minimum Gasteiger partial charge on any atom is -0.466 e. The van der Waals surface area contributed by atoms with Gasteiger partial charge in [0.1, 0.15) is 5.76 Å². The molecule has 0 fully saturated rings. The molecule has 0 saturated carbocycles. The van der Waals surface area contributed by atoms with Gasteiger partial charge in [0, 0.05) is 6.07 Å². The van der Waals surface area contributed by atoms with E-state index in [-0.39, 0.29) is 5.88 Å². The van der Waals surface area contributed by atoms with E-state index in [0.29, 0.717) is 5.76 Å². The lowest BCUT2D eigenvalue weighted by Gasteiger charge is -2.09. The van der Waals surface area contributed by atoms with Crippen LogP contribution < -0.4 is 4.74 Å². The van der Waals surface area contributed by atoms with E-state index in [2.05, 4.69) is 9.68 Å². The Balaban J connectivity index is 0.000000791. The number of ether oxygens (including phenoxy) is 1. The van der Waals surface area contributed by atoms with Gasteiger partial charge in [0.2, 0.25) is 0 Å². The smallest absolute Gasteiger partial charge is 0.274 e. The molecule has 1 unspecified atom stereocenters. The van der Waals surface area contributed by atoms with Gasteiger partial charge in [-0.1, -0.05) is 13.8 Å². The fourth-order valence-corrected chi connectivity index (χ4v) is 0.641. The van der Waals surface area contributed by atoms with E-state index in [4.69, 9.17) is 4.74 Å². The molecule has 14 heavy (non-hydrogen) atoms. The summed E-state index contributed by atoms with van der Waals surface area (Å²) in [5.74, 6) is 0.631. The Labute approximate surface area is 82.0 Å². The van der Waals surface area contributed by atoms with Gasteiger partial charge in [-0.15, -0.1) is 0 Å². The molecule has 5 heteroatoms. The standard InChI is InChI=1S/C7H9F2NO2.C2H6/c1-4-3-6(10-12-4)11-5(2)7(8)9;1-2/h3,5,7H,1-2H3;1-2H3. The molecule has 1 atom stereocenters. The molecule has 0 aliphatic heterocycles. The summed E-state index contributed by atoms with van der Waals surface area (Å²) in [6.45, 7) is 6.93.